The Morgan fingerprint density at radius 2 is 2.12 bits per heavy atom. The second-order valence-electron chi connectivity index (χ2n) is 9.30. The van der Waals surface area contributed by atoms with Gasteiger partial charge >= 0.3 is 5.97 Å². The fourth-order valence-corrected chi connectivity index (χ4v) is 4.09. The summed E-state index contributed by atoms with van der Waals surface area (Å²) in [4.78, 5) is 26.5. The molecule has 0 saturated heterocycles. The van der Waals surface area contributed by atoms with E-state index in [0.717, 1.165) is 56.7 Å². The summed E-state index contributed by atoms with van der Waals surface area (Å²) in [5, 5.41) is 26.3. The Balaban J connectivity index is 1.49. The van der Waals surface area contributed by atoms with Gasteiger partial charge in [0.25, 0.3) is 0 Å². The van der Waals surface area contributed by atoms with Crippen LogP contribution in [0.1, 0.15) is 50.8 Å². The van der Waals surface area contributed by atoms with Gasteiger partial charge in [-0.05, 0) is 76.6 Å². The molecule has 1 aliphatic heterocycles. The highest BCUT2D eigenvalue weighted by Gasteiger charge is 2.22. The maximum atomic E-state index is 11.7. The van der Waals surface area contributed by atoms with Crippen LogP contribution in [0.3, 0.4) is 0 Å². The number of nitrogens with one attached hydrogen (secondary N) is 2. The number of rotatable bonds is 13. The lowest BCUT2D eigenvalue weighted by Crippen LogP contribution is -2.42. The molecular formula is C24H36N6O3. The molecule has 4 N–H and O–H groups in total. The molecule has 2 aromatic heterocycles. The highest BCUT2D eigenvalue weighted by molar-refractivity contribution is 5.76. The van der Waals surface area contributed by atoms with E-state index in [1.165, 1.54) is 11.9 Å². The molecule has 0 aliphatic carbocycles. The zero-order valence-electron chi connectivity index (χ0n) is 19.6. The Hall–Kier alpha value is -2.78. The van der Waals surface area contributed by atoms with Crippen molar-refractivity contribution in [3.05, 3.63) is 42.0 Å². The molecule has 2 aromatic rings. The van der Waals surface area contributed by atoms with Gasteiger partial charge in [-0.3, -0.25) is 0 Å². The number of aliphatic hydroxyl groups is 1. The Kier molecular flexibility index (Phi) is 8.96. The van der Waals surface area contributed by atoms with Crippen LogP contribution in [-0.2, 0) is 17.6 Å². The monoisotopic (exact) mass is 456 g/mol. The number of anilines is 2. The van der Waals surface area contributed by atoms with Crippen molar-refractivity contribution in [2.24, 2.45) is 0 Å². The first-order valence-corrected chi connectivity index (χ1v) is 11.7. The lowest BCUT2D eigenvalue weighted by molar-refractivity contribution is -0.138. The summed E-state index contributed by atoms with van der Waals surface area (Å²) in [6.45, 7) is 6.36. The summed E-state index contributed by atoms with van der Waals surface area (Å²) < 4.78 is 0. The van der Waals surface area contributed by atoms with E-state index in [1.54, 1.807) is 26.1 Å². The Morgan fingerprint density at radius 1 is 1.27 bits per heavy atom. The molecule has 0 spiro atoms. The molecule has 1 unspecified atom stereocenters. The number of aromatic nitrogens is 3. The number of pyridine rings is 1. The average molecular weight is 457 g/mol. The molecule has 0 bridgehead atoms. The standard InChI is InChI=1S/C24H36N6O3/c1-24(2,33)16-30(15-11-20(23(31)32)29-21-10-13-25-17-27-21)14-4-3-7-19-9-8-18-6-5-12-26-22(18)28-19/h8-10,13,17,20,33H,3-7,11-12,14-16H2,1-2H3,(H,26,28)(H,31,32)(H,25,27,29). The van der Waals surface area contributed by atoms with Crippen molar-refractivity contribution in [1.29, 1.82) is 0 Å². The molecule has 180 valence electrons. The van der Waals surface area contributed by atoms with Crippen LogP contribution >= 0.6 is 0 Å². The number of nitrogens with zero attached hydrogens (tertiary/aromatic N) is 4. The van der Waals surface area contributed by atoms with Gasteiger partial charge in [0.2, 0.25) is 0 Å². The van der Waals surface area contributed by atoms with Crippen LogP contribution in [0.4, 0.5) is 11.6 Å². The summed E-state index contributed by atoms with van der Waals surface area (Å²) in [5.74, 6) is 0.584. The fourth-order valence-electron chi connectivity index (χ4n) is 4.09. The quantitative estimate of drug-likeness (QED) is 0.337. The molecule has 1 aliphatic rings. The zero-order chi connectivity index (χ0) is 23.7. The first-order chi connectivity index (χ1) is 15.8. The molecular weight excluding hydrogens is 420 g/mol. The zero-order valence-corrected chi connectivity index (χ0v) is 19.6. The van der Waals surface area contributed by atoms with Gasteiger partial charge in [0.1, 0.15) is 24.0 Å². The Labute approximate surface area is 195 Å². The van der Waals surface area contributed by atoms with E-state index >= 15 is 0 Å². The highest BCUT2D eigenvalue weighted by Crippen LogP contribution is 2.20. The van der Waals surface area contributed by atoms with E-state index in [-0.39, 0.29) is 0 Å². The van der Waals surface area contributed by atoms with Gasteiger partial charge in [-0.1, -0.05) is 6.07 Å². The van der Waals surface area contributed by atoms with Crippen LogP contribution in [0.25, 0.3) is 0 Å². The van der Waals surface area contributed by atoms with Gasteiger partial charge < -0.3 is 25.7 Å². The van der Waals surface area contributed by atoms with Gasteiger partial charge in [0, 0.05) is 31.5 Å². The number of hydrogen-bond acceptors (Lipinski definition) is 8. The number of carboxylic acids is 1. The Bertz CT molecular complexity index is 888. The summed E-state index contributed by atoms with van der Waals surface area (Å²) in [6.07, 6.45) is 8.42. The molecule has 3 heterocycles. The van der Waals surface area contributed by atoms with Gasteiger partial charge in [0.05, 0.1) is 5.60 Å². The molecule has 9 heteroatoms. The fraction of sp³-hybridized carbons (Fsp3) is 0.583. The third kappa shape index (κ3) is 8.58. The smallest absolute Gasteiger partial charge is 0.326 e. The van der Waals surface area contributed by atoms with E-state index in [1.807, 2.05) is 0 Å². The second kappa shape index (κ2) is 11.9. The first-order valence-electron chi connectivity index (χ1n) is 11.7. The van der Waals surface area contributed by atoms with Crippen molar-refractivity contribution in [2.75, 3.05) is 36.8 Å². The van der Waals surface area contributed by atoms with Crippen molar-refractivity contribution >= 4 is 17.6 Å². The van der Waals surface area contributed by atoms with Crippen molar-refractivity contribution < 1.29 is 15.0 Å². The third-order valence-corrected chi connectivity index (χ3v) is 5.66. The van der Waals surface area contributed by atoms with Crippen molar-refractivity contribution in [2.45, 2.75) is 64.0 Å². The largest absolute Gasteiger partial charge is 0.480 e. The van der Waals surface area contributed by atoms with Crippen molar-refractivity contribution in [3.8, 4) is 0 Å². The summed E-state index contributed by atoms with van der Waals surface area (Å²) in [7, 11) is 0. The maximum absolute atomic E-state index is 11.7. The average Bonchev–Trinajstić information content (AvgIpc) is 2.78. The molecule has 9 nitrogen and oxygen atoms in total. The van der Waals surface area contributed by atoms with E-state index in [4.69, 9.17) is 4.98 Å². The number of unbranched alkanes of at least 4 members (excludes halogenated alkanes) is 1. The molecule has 0 radical (unpaired) electrons. The van der Waals surface area contributed by atoms with Gasteiger partial charge in [-0.25, -0.2) is 19.7 Å². The van der Waals surface area contributed by atoms with Crippen LogP contribution < -0.4 is 10.6 Å². The van der Waals surface area contributed by atoms with Crippen LogP contribution in [-0.4, -0.2) is 73.9 Å². The van der Waals surface area contributed by atoms with E-state index in [2.05, 4.69) is 37.6 Å². The topological polar surface area (TPSA) is 124 Å². The molecule has 33 heavy (non-hydrogen) atoms. The number of aryl methyl sites for hydroxylation is 2. The second-order valence-corrected chi connectivity index (χ2v) is 9.30. The first kappa shape index (κ1) is 24.9. The van der Waals surface area contributed by atoms with E-state index in [9.17, 15) is 15.0 Å². The van der Waals surface area contributed by atoms with Crippen LogP contribution in [0.5, 0.6) is 0 Å². The molecule has 0 fully saturated rings. The predicted octanol–water partition coefficient (Wildman–Crippen LogP) is 2.58. The number of carbonyl (C=O) groups is 1. The lowest BCUT2D eigenvalue weighted by Gasteiger charge is -2.30. The van der Waals surface area contributed by atoms with Crippen molar-refractivity contribution in [3.63, 3.8) is 0 Å². The number of aliphatic carboxylic acids is 1. The van der Waals surface area contributed by atoms with Gasteiger partial charge in [-0.2, -0.15) is 0 Å². The van der Waals surface area contributed by atoms with E-state index < -0.39 is 17.6 Å². The number of carboxylic acid groups (broad SMARTS) is 1. The summed E-state index contributed by atoms with van der Waals surface area (Å²) >= 11 is 0. The minimum Gasteiger partial charge on any atom is -0.480 e. The highest BCUT2D eigenvalue weighted by atomic mass is 16.4. The van der Waals surface area contributed by atoms with Crippen LogP contribution in [0.15, 0.2) is 30.7 Å². The molecule has 1 atom stereocenters. The van der Waals surface area contributed by atoms with Crippen LogP contribution in [0, 0.1) is 0 Å². The summed E-state index contributed by atoms with van der Waals surface area (Å²) in [5.41, 5.74) is 1.53. The van der Waals surface area contributed by atoms with Crippen molar-refractivity contribution in [1.82, 2.24) is 19.9 Å². The molecule has 0 aromatic carbocycles. The number of fused-ring (bicyclic) bond motifs is 1. The third-order valence-electron chi connectivity index (χ3n) is 5.66. The SMILES string of the molecule is CC(C)(O)CN(CCCCc1ccc2c(n1)NCCC2)CCC(Nc1ccncn1)C(=O)O. The van der Waals surface area contributed by atoms with E-state index in [0.29, 0.717) is 25.3 Å². The normalized spacial score (nSPS) is 14.4. The minimum atomic E-state index is -0.927. The molecule has 0 saturated carbocycles. The lowest BCUT2D eigenvalue weighted by atomic mass is 10.1. The number of hydrogen-bond donors (Lipinski definition) is 4. The minimum absolute atomic E-state index is 0.396. The van der Waals surface area contributed by atoms with Gasteiger partial charge in [0.15, 0.2) is 0 Å². The Morgan fingerprint density at radius 3 is 2.85 bits per heavy atom. The molecule has 0 amide bonds. The predicted molar refractivity (Wildman–Crippen MR) is 128 cm³/mol. The maximum Gasteiger partial charge on any atom is 0.326 e. The van der Waals surface area contributed by atoms with Crippen LogP contribution in [0.2, 0.25) is 0 Å². The molecule has 3 rings (SSSR count). The van der Waals surface area contributed by atoms with Gasteiger partial charge in [-0.15, -0.1) is 0 Å². The summed E-state index contributed by atoms with van der Waals surface area (Å²) in [6, 6.07) is 5.18.